The second-order valence-electron chi connectivity index (χ2n) is 4.23. The van der Waals surface area contributed by atoms with Crippen molar-refractivity contribution in [2.24, 2.45) is 0 Å². The van der Waals surface area contributed by atoms with Gasteiger partial charge in [0.1, 0.15) is 5.75 Å². The number of carbonyl (C=O) groups is 1. The van der Waals surface area contributed by atoms with Crippen LogP contribution in [0.4, 0.5) is 0 Å². The van der Waals surface area contributed by atoms with Crippen LogP contribution in [0.3, 0.4) is 0 Å². The van der Waals surface area contributed by atoms with E-state index in [2.05, 4.69) is 13.2 Å². The number of carbonyl (C=O) groups excluding carboxylic acids is 1. The lowest BCUT2D eigenvalue weighted by atomic mass is 10.1. The maximum absolute atomic E-state index is 11.1. The van der Waals surface area contributed by atoms with Crippen LogP contribution in [0.2, 0.25) is 0 Å². The van der Waals surface area contributed by atoms with E-state index < -0.39 is 5.97 Å². The lowest BCUT2D eigenvalue weighted by molar-refractivity contribution is -0.710. The van der Waals surface area contributed by atoms with Gasteiger partial charge in [0, 0.05) is 6.08 Å². The van der Waals surface area contributed by atoms with E-state index in [4.69, 9.17) is 9.57 Å². The molecule has 0 fully saturated rings. The third-order valence-corrected chi connectivity index (χ3v) is 2.77. The number of hydrogen-bond donors (Lipinski definition) is 0. The number of benzene rings is 2. The number of esters is 1. The second kappa shape index (κ2) is 6.99. The minimum absolute atomic E-state index is 0.276. The summed E-state index contributed by atoms with van der Waals surface area (Å²) in [7, 11) is 0. The molecule has 0 aliphatic heterocycles. The zero-order chi connectivity index (χ0) is 15.9. The molecule has 0 saturated heterocycles. The summed E-state index contributed by atoms with van der Waals surface area (Å²) in [6.45, 7) is 6.64. The number of rotatable bonds is 6. The van der Waals surface area contributed by atoms with Crippen LogP contribution in [0.15, 0.2) is 74.0 Å². The van der Waals surface area contributed by atoms with Crippen LogP contribution in [0.25, 0.3) is 11.1 Å². The molecule has 22 heavy (non-hydrogen) atoms. The minimum Gasteiger partial charge on any atom is -0.423 e. The molecule has 0 spiro atoms. The van der Waals surface area contributed by atoms with Gasteiger partial charge in [-0.3, -0.25) is 0 Å². The summed E-state index contributed by atoms with van der Waals surface area (Å²) in [5, 5.41) is 0. The van der Waals surface area contributed by atoms with Gasteiger partial charge >= 0.3 is 5.97 Å². The predicted molar refractivity (Wildman–Crippen MR) is 82.2 cm³/mol. The molecule has 0 bridgehead atoms. The number of hydrogen-bond acceptors (Lipinski definition) is 4. The summed E-state index contributed by atoms with van der Waals surface area (Å²) in [4.78, 5) is 27.3. The Morgan fingerprint density at radius 2 is 1.41 bits per heavy atom. The van der Waals surface area contributed by atoms with Crippen molar-refractivity contribution in [2.45, 2.75) is 0 Å². The fourth-order valence-electron chi connectivity index (χ4n) is 1.72. The third kappa shape index (κ3) is 3.89. The molecule has 0 heterocycles. The average molecular weight is 296 g/mol. The van der Waals surface area contributed by atoms with E-state index >= 15 is 0 Å². The molecule has 2 rings (SSSR count). The molecule has 0 aliphatic rings. The third-order valence-electron chi connectivity index (χ3n) is 2.77. The van der Waals surface area contributed by atoms with Crippen LogP contribution in [0.1, 0.15) is 0 Å². The van der Waals surface area contributed by atoms with Crippen molar-refractivity contribution in [1.82, 2.24) is 0 Å². The molecule has 0 unspecified atom stereocenters. The van der Waals surface area contributed by atoms with Crippen LogP contribution in [-0.2, 0) is 4.79 Å². The Hall–Kier alpha value is -3.21. The van der Waals surface area contributed by atoms with E-state index in [9.17, 15) is 9.70 Å². The van der Waals surface area contributed by atoms with Crippen molar-refractivity contribution in [2.75, 3.05) is 0 Å². The van der Waals surface area contributed by atoms with Gasteiger partial charge in [-0.25, -0.2) is 4.79 Å². The summed E-state index contributed by atoms with van der Waals surface area (Å²) in [5.41, 5.74) is 1.87. The molecule has 0 saturated carbocycles. The maximum atomic E-state index is 11.1. The largest absolute Gasteiger partial charge is 0.423 e. The first-order valence-corrected chi connectivity index (χ1v) is 6.44. The molecule has 0 atom stereocenters. The van der Waals surface area contributed by atoms with E-state index in [1.165, 1.54) is 0 Å². The Bertz CT molecular complexity index is 639. The van der Waals surface area contributed by atoms with Gasteiger partial charge in [0.25, 0.3) is 11.1 Å². The van der Waals surface area contributed by atoms with Crippen molar-refractivity contribution in [3.63, 3.8) is 0 Å². The topological polar surface area (TPSA) is 55.6 Å². The Morgan fingerprint density at radius 3 is 1.86 bits per heavy atom. The van der Waals surface area contributed by atoms with Crippen molar-refractivity contribution in [3.8, 4) is 22.6 Å². The maximum Gasteiger partial charge on any atom is 0.335 e. The molecule has 0 radical (unpaired) electrons. The van der Waals surface area contributed by atoms with Gasteiger partial charge in [0.15, 0.2) is 0 Å². The summed E-state index contributed by atoms with van der Waals surface area (Å²) >= 11 is 0. The van der Waals surface area contributed by atoms with Crippen molar-refractivity contribution in [1.29, 1.82) is 0 Å². The van der Waals surface area contributed by atoms with Gasteiger partial charge in [0.05, 0.1) is 4.91 Å². The molecule has 2 aromatic rings. The molecule has 0 aromatic heterocycles. The van der Waals surface area contributed by atoms with Gasteiger partial charge in [0.2, 0.25) is 5.75 Å². The molecular formula is C17H14NO4+. The van der Waals surface area contributed by atoms with Gasteiger partial charge in [-0.05, 0) is 42.0 Å². The lowest BCUT2D eigenvalue weighted by Gasteiger charge is -2.04. The van der Waals surface area contributed by atoms with Gasteiger partial charge < -0.3 is 4.74 Å². The van der Waals surface area contributed by atoms with Crippen molar-refractivity contribution < 1.29 is 19.3 Å². The van der Waals surface area contributed by atoms with Crippen LogP contribution in [0, 0.1) is 4.91 Å². The second-order valence-corrected chi connectivity index (χ2v) is 4.23. The molecule has 2 aromatic carbocycles. The van der Waals surface area contributed by atoms with Crippen LogP contribution < -0.4 is 9.57 Å². The van der Waals surface area contributed by atoms with E-state index in [-0.39, 0.29) is 4.92 Å². The van der Waals surface area contributed by atoms with E-state index in [0.717, 1.165) is 23.4 Å². The smallest absolute Gasteiger partial charge is 0.335 e. The Labute approximate surface area is 127 Å². The number of nitrogens with zero attached hydrogens (tertiary/aromatic N) is 1. The van der Waals surface area contributed by atoms with Crippen LogP contribution in [-0.4, -0.2) is 10.9 Å². The zero-order valence-electron chi connectivity index (χ0n) is 11.8. The fourth-order valence-corrected chi connectivity index (χ4v) is 1.72. The first-order chi connectivity index (χ1) is 10.6. The Morgan fingerprint density at radius 1 is 0.909 bits per heavy atom. The first-order valence-electron chi connectivity index (χ1n) is 6.44. The normalized spacial score (nSPS) is 9.64. The zero-order valence-corrected chi connectivity index (χ0v) is 11.8. The number of ether oxygens (including phenoxy) is 1. The summed E-state index contributed by atoms with van der Waals surface area (Å²) in [6.07, 6.45) is 2.13. The lowest BCUT2D eigenvalue weighted by Crippen LogP contribution is -2.04. The highest BCUT2D eigenvalue weighted by molar-refractivity contribution is 5.83. The molecule has 0 amide bonds. The van der Waals surface area contributed by atoms with Crippen molar-refractivity contribution in [3.05, 3.63) is 78.9 Å². The summed E-state index contributed by atoms with van der Waals surface area (Å²) < 4.78 is 5.00. The van der Waals surface area contributed by atoms with E-state index in [0.29, 0.717) is 11.5 Å². The Kier molecular flexibility index (Phi) is 4.82. The molecule has 110 valence electrons. The quantitative estimate of drug-likeness (QED) is 0.353. The summed E-state index contributed by atoms with van der Waals surface area (Å²) in [5.74, 6) is 0.357. The van der Waals surface area contributed by atoms with E-state index in [1.807, 2.05) is 24.3 Å². The fraction of sp³-hybridized carbons (Fsp3) is 0. The van der Waals surface area contributed by atoms with Gasteiger partial charge in [-0.1, -0.05) is 30.8 Å². The Balaban J connectivity index is 2.11. The summed E-state index contributed by atoms with van der Waals surface area (Å²) in [6, 6.07) is 14.0. The molecule has 5 nitrogen and oxygen atoms in total. The molecular weight excluding hydrogens is 282 g/mol. The predicted octanol–water partition coefficient (Wildman–Crippen LogP) is 3.66. The minimum atomic E-state index is -0.501. The molecule has 0 N–H and O–H groups in total. The average Bonchev–Trinajstić information content (AvgIpc) is 2.56. The van der Waals surface area contributed by atoms with E-state index in [1.54, 1.807) is 24.3 Å². The van der Waals surface area contributed by atoms with Gasteiger partial charge in [-0.15, -0.1) is 0 Å². The molecule has 0 aliphatic carbocycles. The highest BCUT2D eigenvalue weighted by Gasteiger charge is 2.07. The highest BCUT2D eigenvalue weighted by atomic mass is 16.8. The molecule has 5 heteroatoms. The SMILES string of the molecule is C=CC(=O)Oc1ccc(-c2ccc(O[N+](=O)C=C)cc2)cc1. The van der Waals surface area contributed by atoms with Gasteiger partial charge in [-0.2, -0.15) is 4.84 Å². The van der Waals surface area contributed by atoms with Crippen LogP contribution in [0.5, 0.6) is 11.5 Å². The van der Waals surface area contributed by atoms with Crippen molar-refractivity contribution >= 4 is 5.97 Å². The monoisotopic (exact) mass is 296 g/mol. The standard InChI is InChI=1S/C17H14NO4/c1-3-17(19)21-15-9-5-13(6-10-15)14-7-11-16(12-8-14)22-18(20)4-2/h3-12H,1-2H2/q+1. The van der Waals surface area contributed by atoms with Crippen LogP contribution >= 0.6 is 0 Å². The first kappa shape index (κ1) is 15.2. The highest BCUT2D eigenvalue weighted by Crippen LogP contribution is 2.24.